The molecule has 154 valence electrons. The molecule has 2 heterocycles. The molecule has 1 aromatic rings. The summed E-state index contributed by atoms with van der Waals surface area (Å²) in [7, 11) is -3.61. The van der Waals surface area contributed by atoms with Crippen LogP contribution in [-0.2, 0) is 14.8 Å². The third-order valence-corrected chi connectivity index (χ3v) is 11.4. The standard InChI is InChI=1S/C20H27BrN2O3S2/c21-17-3-4-18(27-17)28(25,26)23-5-1-2-16(23)19(24)22-12-20-9-13-6-14(10-20)8-15(7-13)11-20/h3-4,13-16H,1-2,5-12H2,(H,22,24)/t13?,14?,15?,16-,20?/m0/s1. The Balaban J connectivity index is 1.27. The first-order valence-electron chi connectivity index (χ1n) is 10.4. The normalized spacial score (nSPS) is 37.5. The zero-order valence-electron chi connectivity index (χ0n) is 15.9. The van der Waals surface area contributed by atoms with Crippen LogP contribution in [-0.4, -0.2) is 37.8 Å². The van der Waals surface area contributed by atoms with Crippen molar-refractivity contribution in [2.45, 2.75) is 61.6 Å². The van der Waals surface area contributed by atoms with Crippen molar-refractivity contribution >= 4 is 43.2 Å². The van der Waals surface area contributed by atoms with E-state index in [0.29, 0.717) is 17.2 Å². The van der Waals surface area contributed by atoms with Gasteiger partial charge in [-0.15, -0.1) is 11.3 Å². The number of rotatable bonds is 5. The fourth-order valence-corrected chi connectivity index (χ4v) is 10.5. The molecule has 0 radical (unpaired) electrons. The Hall–Kier alpha value is -0.440. The van der Waals surface area contributed by atoms with E-state index in [9.17, 15) is 13.2 Å². The summed E-state index contributed by atoms with van der Waals surface area (Å²) in [5, 5.41) is 3.19. The van der Waals surface area contributed by atoms with Gasteiger partial charge in [0.15, 0.2) is 0 Å². The molecule has 1 N–H and O–H groups in total. The maximum atomic E-state index is 13.0. The lowest BCUT2D eigenvalue weighted by atomic mass is 9.49. The van der Waals surface area contributed by atoms with Gasteiger partial charge in [-0.25, -0.2) is 8.42 Å². The zero-order chi connectivity index (χ0) is 19.5. The van der Waals surface area contributed by atoms with Crippen LogP contribution in [0.1, 0.15) is 51.4 Å². The molecule has 0 unspecified atom stereocenters. The molecule has 1 aliphatic heterocycles. The van der Waals surface area contributed by atoms with E-state index in [0.717, 1.165) is 34.5 Å². The first kappa shape index (κ1) is 19.5. The summed E-state index contributed by atoms with van der Waals surface area (Å²) in [4.78, 5) is 13.0. The topological polar surface area (TPSA) is 66.5 Å². The minimum absolute atomic E-state index is 0.104. The van der Waals surface area contributed by atoms with Crippen LogP contribution < -0.4 is 5.32 Å². The number of halogens is 1. The second kappa shape index (κ2) is 7.06. The number of thiophene rings is 1. The summed E-state index contributed by atoms with van der Waals surface area (Å²) in [6, 6.07) is 2.79. The predicted octanol–water partition coefficient (Wildman–Crippen LogP) is 4.00. The Bertz CT molecular complexity index is 846. The van der Waals surface area contributed by atoms with E-state index in [1.54, 1.807) is 12.1 Å². The molecule has 1 amide bonds. The molecular formula is C20H27BrN2O3S2. The molecule has 5 nitrogen and oxygen atoms in total. The molecule has 0 spiro atoms. The van der Waals surface area contributed by atoms with E-state index in [1.165, 1.54) is 54.2 Å². The molecule has 5 aliphatic rings. The van der Waals surface area contributed by atoms with Gasteiger partial charge in [0.25, 0.3) is 10.0 Å². The zero-order valence-corrected chi connectivity index (χ0v) is 19.1. The SMILES string of the molecule is O=C(NCC12CC3CC(CC(C3)C1)C2)[C@@H]1CCCN1S(=O)(=O)c1ccc(Br)s1. The van der Waals surface area contributed by atoms with Crippen molar-refractivity contribution < 1.29 is 13.2 Å². The molecule has 4 saturated carbocycles. The molecule has 1 saturated heterocycles. The van der Waals surface area contributed by atoms with Gasteiger partial charge >= 0.3 is 0 Å². The van der Waals surface area contributed by atoms with Gasteiger partial charge in [0.1, 0.15) is 10.3 Å². The number of carbonyl (C=O) groups excluding carboxylic acids is 1. The van der Waals surface area contributed by atoms with Crippen LogP contribution in [0.15, 0.2) is 20.1 Å². The predicted molar refractivity (Wildman–Crippen MR) is 113 cm³/mol. The number of nitrogens with one attached hydrogen (secondary N) is 1. The highest BCUT2D eigenvalue weighted by Crippen LogP contribution is 2.59. The third kappa shape index (κ3) is 3.38. The van der Waals surface area contributed by atoms with E-state index in [-0.39, 0.29) is 11.3 Å². The molecule has 1 aromatic heterocycles. The Morgan fingerprint density at radius 2 is 1.82 bits per heavy atom. The molecule has 4 aliphatic carbocycles. The first-order chi connectivity index (χ1) is 13.3. The number of sulfonamides is 1. The maximum absolute atomic E-state index is 13.0. The van der Waals surface area contributed by atoms with E-state index in [2.05, 4.69) is 21.2 Å². The van der Waals surface area contributed by atoms with E-state index in [4.69, 9.17) is 0 Å². The van der Waals surface area contributed by atoms with Crippen LogP contribution in [0.25, 0.3) is 0 Å². The van der Waals surface area contributed by atoms with Crippen molar-refractivity contribution in [3.63, 3.8) is 0 Å². The summed E-state index contributed by atoms with van der Waals surface area (Å²) >= 11 is 4.54. The van der Waals surface area contributed by atoms with Gasteiger partial charge in [0.2, 0.25) is 5.91 Å². The van der Waals surface area contributed by atoms with Crippen molar-refractivity contribution in [3.8, 4) is 0 Å². The van der Waals surface area contributed by atoms with Gasteiger partial charge in [-0.1, -0.05) is 0 Å². The minimum Gasteiger partial charge on any atom is -0.354 e. The van der Waals surface area contributed by atoms with E-state index >= 15 is 0 Å². The molecule has 1 atom stereocenters. The highest BCUT2D eigenvalue weighted by atomic mass is 79.9. The van der Waals surface area contributed by atoms with Gasteiger partial charge in [-0.3, -0.25) is 4.79 Å². The number of amides is 1. The molecule has 4 bridgehead atoms. The Labute approximate surface area is 179 Å². The summed E-state index contributed by atoms with van der Waals surface area (Å²) in [6.07, 6.45) is 9.24. The number of carbonyl (C=O) groups is 1. The number of nitrogens with zero attached hydrogens (tertiary/aromatic N) is 1. The highest BCUT2D eigenvalue weighted by molar-refractivity contribution is 9.11. The fraction of sp³-hybridized carbons (Fsp3) is 0.750. The summed E-state index contributed by atoms with van der Waals surface area (Å²) in [5.41, 5.74) is 0.269. The Kier molecular flexibility index (Phi) is 4.92. The van der Waals surface area contributed by atoms with Crippen LogP contribution in [0, 0.1) is 23.2 Å². The molecule has 28 heavy (non-hydrogen) atoms. The van der Waals surface area contributed by atoms with Gasteiger partial charge in [-0.05, 0) is 103 Å². The second-order valence-electron chi connectivity index (χ2n) is 9.47. The molecular weight excluding hydrogens is 460 g/mol. The third-order valence-electron chi connectivity index (χ3n) is 7.42. The lowest BCUT2D eigenvalue weighted by Crippen LogP contribution is -2.53. The van der Waals surface area contributed by atoms with Crippen molar-refractivity contribution in [1.29, 1.82) is 0 Å². The highest BCUT2D eigenvalue weighted by Gasteiger charge is 2.51. The average molecular weight is 487 g/mol. The largest absolute Gasteiger partial charge is 0.354 e. The van der Waals surface area contributed by atoms with Gasteiger partial charge in [0, 0.05) is 13.1 Å². The van der Waals surface area contributed by atoms with Crippen LogP contribution in [0.4, 0.5) is 0 Å². The van der Waals surface area contributed by atoms with Gasteiger partial charge in [0.05, 0.1) is 3.79 Å². The van der Waals surface area contributed by atoms with Crippen molar-refractivity contribution in [1.82, 2.24) is 9.62 Å². The Morgan fingerprint density at radius 3 is 2.39 bits per heavy atom. The summed E-state index contributed by atoms with van der Waals surface area (Å²) in [5.74, 6) is 2.45. The molecule has 0 aromatic carbocycles. The van der Waals surface area contributed by atoms with Crippen molar-refractivity contribution in [2.75, 3.05) is 13.1 Å². The molecule has 8 heteroatoms. The van der Waals surface area contributed by atoms with E-state index in [1.807, 2.05) is 0 Å². The molecule has 6 rings (SSSR count). The summed E-state index contributed by atoms with van der Waals surface area (Å²) in [6.45, 7) is 1.15. The van der Waals surface area contributed by atoms with Crippen molar-refractivity contribution in [2.24, 2.45) is 23.2 Å². The number of hydrogen-bond donors (Lipinski definition) is 1. The lowest BCUT2D eigenvalue weighted by molar-refractivity contribution is -0.126. The smallest absolute Gasteiger partial charge is 0.253 e. The van der Waals surface area contributed by atoms with Crippen LogP contribution >= 0.6 is 27.3 Å². The monoisotopic (exact) mass is 486 g/mol. The lowest BCUT2D eigenvalue weighted by Gasteiger charge is -2.57. The quantitative estimate of drug-likeness (QED) is 0.683. The maximum Gasteiger partial charge on any atom is 0.253 e. The fourth-order valence-electron chi connectivity index (χ4n) is 6.74. The average Bonchev–Trinajstić information content (AvgIpc) is 3.28. The van der Waals surface area contributed by atoms with Crippen molar-refractivity contribution in [3.05, 3.63) is 15.9 Å². The minimum atomic E-state index is -3.61. The van der Waals surface area contributed by atoms with Gasteiger partial charge in [-0.2, -0.15) is 4.31 Å². The second-order valence-corrected chi connectivity index (χ2v) is 14.0. The van der Waals surface area contributed by atoms with Gasteiger partial charge < -0.3 is 5.32 Å². The summed E-state index contributed by atoms with van der Waals surface area (Å²) < 4.78 is 28.6. The van der Waals surface area contributed by atoms with Crippen LogP contribution in [0.5, 0.6) is 0 Å². The first-order valence-corrected chi connectivity index (χ1v) is 13.4. The van der Waals surface area contributed by atoms with Crippen LogP contribution in [0.2, 0.25) is 0 Å². The molecule has 5 fully saturated rings. The van der Waals surface area contributed by atoms with E-state index < -0.39 is 16.1 Å². The van der Waals surface area contributed by atoms with Crippen LogP contribution in [0.3, 0.4) is 0 Å². The number of hydrogen-bond acceptors (Lipinski definition) is 4. The Morgan fingerprint density at radius 1 is 1.18 bits per heavy atom.